The van der Waals surface area contributed by atoms with Gasteiger partial charge in [-0.25, -0.2) is 0 Å². The Bertz CT molecular complexity index is 2400. The summed E-state index contributed by atoms with van der Waals surface area (Å²) in [5, 5.41) is 51.6. The molecule has 0 heterocycles. The molecular formula is C40H27BO4. The third-order valence-corrected chi connectivity index (χ3v) is 9.05. The largest absolute Gasteiger partial charge is 0.508 e. The van der Waals surface area contributed by atoms with Crippen molar-refractivity contribution in [3.05, 3.63) is 127 Å². The third kappa shape index (κ3) is 3.94. The van der Waals surface area contributed by atoms with E-state index in [1.807, 2.05) is 54.6 Å². The van der Waals surface area contributed by atoms with E-state index < -0.39 is 17.2 Å². The molecule has 4 N–H and O–H groups in total. The summed E-state index contributed by atoms with van der Waals surface area (Å²) in [5.74, 6) is -2.06. The van der Waals surface area contributed by atoms with Gasteiger partial charge >= 0.3 is 0 Å². The average molecular weight is 582 g/mol. The van der Waals surface area contributed by atoms with Crippen molar-refractivity contribution >= 4 is 56.4 Å². The van der Waals surface area contributed by atoms with Gasteiger partial charge in [0.15, 0.2) is 11.5 Å². The Balaban J connectivity index is 1.58. The van der Waals surface area contributed by atoms with E-state index in [9.17, 15) is 20.4 Å². The number of hydrogen-bond acceptors (Lipinski definition) is 4. The molecule has 0 aromatic heterocycles. The van der Waals surface area contributed by atoms with Crippen molar-refractivity contribution in [2.75, 3.05) is 0 Å². The van der Waals surface area contributed by atoms with Crippen molar-refractivity contribution in [3.8, 4) is 56.4 Å². The molecule has 8 aromatic rings. The maximum absolute atomic E-state index is 11.3. The standard InChI is InChI=1S/C40H27BO4/c41-36-37(42)35(38(43)40(45)39(36)44)34-28-16-8-6-14-26(28)33(27-15-7-9-17-29(27)34)32-21-31-24(19-18-23-12-4-5-13-25(23)31)20-30(32)22-10-2-1-3-11-22/h1-21,42-45H,41H2. The van der Waals surface area contributed by atoms with Gasteiger partial charge < -0.3 is 20.4 Å². The summed E-state index contributed by atoms with van der Waals surface area (Å²) in [4.78, 5) is 0. The zero-order valence-corrected chi connectivity index (χ0v) is 24.4. The Morgan fingerprint density at radius 1 is 0.356 bits per heavy atom. The predicted molar refractivity (Wildman–Crippen MR) is 188 cm³/mol. The fourth-order valence-electron chi connectivity index (χ4n) is 6.86. The molecule has 5 heteroatoms. The third-order valence-electron chi connectivity index (χ3n) is 9.05. The second-order valence-electron chi connectivity index (χ2n) is 11.5. The van der Waals surface area contributed by atoms with Gasteiger partial charge in [-0.15, -0.1) is 0 Å². The van der Waals surface area contributed by atoms with Gasteiger partial charge in [-0.2, -0.15) is 0 Å². The van der Waals surface area contributed by atoms with E-state index in [2.05, 4.69) is 72.8 Å². The van der Waals surface area contributed by atoms with E-state index in [1.165, 1.54) is 18.6 Å². The number of benzene rings is 8. The summed E-state index contributed by atoms with van der Waals surface area (Å²) in [5.41, 5.74) is 5.00. The van der Waals surface area contributed by atoms with Gasteiger partial charge in [-0.05, 0) is 82.9 Å². The quantitative estimate of drug-likeness (QED) is 0.0555. The summed E-state index contributed by atoms with van der Waals surface area (Å²) >= 11 is 0. The van der Waals surface area contributed by atoms with Crippen molar-refractivity contribution < 1.29 is 20.4 Å². The number of aromatic hydroxyl groups is 4. The van der Waals surface area contributed by atoms with Crippen LogP contribution < -0.4 is 5.46 Å². The predicted octanol–water partition coefficient (Wildman–Crippen LogP) is 8.38. The molecule has 0 aliphatic rings. The second kappa shape index (κ2) is 10.1. The van der Waals surface area contributed by atoms with Crippen LogP contribution in [-0.2, 0) is 0 Å². The van der Waals surface area contributed by atoms with Gasteiger partial charge in [0.25, 0.3) is 0 Å². The molecule has 0 atom stereocenters. The van der Waals surface area contributed by atoms with Crippen LogP contribution >= 0.6 is 0 Å². The van der Waals surface area contributed by atoms with Gasteiger partial charge in [0.1, 0.15) is 13.6 Å². The first-order chi connectivity index (χ1) is 21.9. The van der Waals surface area contributed by atoms with Crippen molar-refractivity contribution in [2.24, 2.45) is 0 Å². The molecule has 4 nitrogen and oxygen atoms in total. The summed E-state index contributed by atoms with van der Waals surface area (Å²) in [7, 11) is 1.51. The van der Waals surface area contributed by atoms with Gasteiger partial charge in [-0.3, -0.25) is 0 Å². The van der Waals surface area contributed by atoms with Crippen molar-refractivity contribution in [1.29, 1.82) is 0 Å². The molecule has 0 radical (unpaired) electrons. The minimum atomic E-state index is -0.662. The highest BCUT2D eigenvalue weighted by atomic mass is 16.3. The molecule has 0 unspecified atom stereocenters. The molecule has 0 saturated carbocycles. The first-order valence-corrected chi connectivity index (χ1v) is 14.9. The SMILES string of the molecule is Bc1c(O)c(O)c(O)c(-c2c3ccccc3c(-c3cc4c(ccc5ccccc54)cc3-c3ccccc3)c3ccccc23)c1O. The van der Waals surface area contributed by atoms with Gasteiger partial charge in [0, 0.05) is 5.56 Å². The van der Waals surface area contributed by atoms with Crippen LogP contribution in [0.4, 0.5) is 0 Å². The lowest BCUT2D eigenvalue weighted by molar-refractivity contribution is 0.366. The molecule has 0 saturated heterocycles. The van der Waals surface area contributed by atoms with Crippen molar-refractivity contribution in [3.63, 3.8) is 0 Å². The summed E-state index contributed by atoms with van der Waals surface area (Å²) in [6.45, 7) is 0. The normalized spacial score (nSPS) is 11.6. The molecular weight excluding hydrogens is 555 g/mol. The van der Waals surface area contributed by atoms with Crippen LogP contribution in [0.15, 0.2) is 127 Å². The van der Waals surface area contributed by atoms with E-state index in [0.29, 0.717) is 5.56 Å². The van der Waals surface area contributed by atoms with Crippen LogP contribution in [0.25, 0.3) is 76.5 Å². The Morgan fingerprint density at radius 2 is 0.889 bits per heavy atom. The van der Waals surface area contributed by atoms with Crippen LogP contribution in [0.2, 0.25) is 0 Å². The molecule has 0 bridgehead atoms. The number of rotatable bonds is 3. The minimum absolute atomic E-state index is 0.0783. The smallest absolute Gasteiger partial charge is 0.200 e. The molecule has 0 aliphatic carbocycles. The lowest BCUT2D eigenvalue weighted by atomic mass is 9.81. The highest BCUT2D eigenvalue weighted by Crippen LogP contribution is 2.53. The van der Waals surface area contributed by atoms with E-state index in [0.717, 1.165) is 54.6 Å². The van der Waals surface area contributed by atoms with Gasteiger partial charge in [-0.1, -0.05) is 115 Å². The van der Waals surface area contributed by atoms with Gasteiger partial charge in [0.05, 0.1) is 5.56 Å². The molecule has 45 heavy (non-hydrogen) atoms. The maximum Gasteiger partial charge on any atom is 0.200 e. The van der Waals surface area contributed by atoms with Crippen molar-refractivity contribution in [1.82, 2.24) is 0 Å². The van der Waals surface area contributed by atoms with E-state index in [1.54, 1.807) is 0 Å². The molecule has 0 fully saturated rings. The fraction of sp³-hybridized carbons (Fsp3) is 0. The molecule has 0 aliphatic heterocycles. The average Bonchev–Trinajstić information content (AvgIpc) is 3.09. The topological polar surface area (TPSA) is 80.9 Å². The Hall–Kier alpha value is -5.94. The summed E-state index contributed by atoms with van der Waals surface area (Å²) < 4.78 is 0. The summed E-state index contributed by atoms with van der Waals surface area (Å²) in [6.07, 6.45) is 0. The fourth-order valence-corrected chi connectivity index (χ4v) is 6.86. The maximum atomic E-state index is 11.3. The van der Waals surface area contributed by atoms with Crippen LogP contribution in [-0.4, -0.2) is 28.3 Å². The minimum Gasteiger partial charge on any atom is -0.508 e. The Labute approximate surface area is 260 Å². The highest BCUT2D eigenvalue weighted by Gasteiger charge is 2.27. The molecule has 0 spiro atoms. The Morgan fingerprint density at radius 3 is 1.53 bits per heavy atom. The highest BCUT2D eigenvalue weighted by molar-refractivity contribution is 6.38. The first-order valence-electron chi connectivity index (χ1n) is 14.9. The second-order valence-corrected chi connectivity index (χ2v) is 11.5. The number of hydrogen-bond donors (Lipinski definition) is 4. The monoisotopic (exact) mass is 582 g/mol. The van der Waals surface area contributed by atoms with E-state index >= 15 is 0 Å². The number of phenols is 4. The zero-order chi connectivity index (χ0) is 30.8. The molecule has 8 rings (SSSR count). The zero-order valence-electron chi connectivity index (χ0n) is 24.4. The van der Waals surface area contributed by atoms with Crippen molar-refractivity contribution in [2.45, 2.75) is 0 Å². The molecule has 8 aromatic carbocycles. The Kier molecular flexibility index (Phi) is 5.97. The van der Waals surface area contributed by atoms with Crippen LogP contribution in [0, 0.1) is 0 Å². The lowest BCUT2D eigenvalue weighted by Gasteiger charge is -2.22. The van der Waals surface area contributed by atoms with Gasteiger partial charge in [0.2, 0.25) is 5.75 Å². The molecule has 214 valence electrons. The molecule has 0 amide bonds. The van der Waals surface area contributed by atoms with Crippen LogP contribution in [0.5, 0.6) is 23.0 Å². The van der Waals surface area contributed by atoms with Crippen LogP contribution in [0.3, 0.4) is 0 Å². The van der Waals surface area contributed by atoms with Crippen LogP contribution in [0.1, 0.15) is 0 Å². The lowest BCUT2D eigenvalue weighted by Crippen LogP contribution is -2.06. The van der Waals surface area contributed by atoms with E-state index in [-0.39, 0.29) is 16.8 Å². The first kappa shape index (κ1) is 26.7. The van der Waals surface area contributed by atoms with E-state index in [4.69, 9.17) is 0 Å². The number of phenolic OH excluding ortho intramolecular Hbond substituents is 4. The number of fused-ring (bicyclic) bond motifs is 5. The summed E-state index contributed by atoms with van der Waals surface area (Å²) in [6, 6.07) is 43.6.